The molecule has 0 radical (unpaired) electrons. The third-order valence-electron chi connectivity index (χ3n) is 6.75. The lowest BCUT2D eigenvalue weighted by molar-refractivity contribution is 0.00578. The number of benzene rings is 1. The molecular weight excluding hydrogens is 344 g/mol. The van der Waals surface area contributed by atoms with Crippen LogP contribution in [0.2, 0.25) is 18.1 Å². The van der Waals surface area contributed by atoms with Gasteiger partial charge in [-0.25, -0.2) is 4.39 Å². The molecule has 0 atom stereocenters. The Hall–Kier alpha value is -1.11. The first kappa shape index (κ1) is 19.6. The lowest BCUT2D eigenvalue weighted by Gasteiger charge is -2.38. The molecule has 142 valence electrons. The van der Waals surface area contributed by atoms with Crippen molar-refractivity contribution in [3.05, 3.63) is 30.2 Å². The molecule has 26 heavy (non-hydrogen) atoms. The Morgan fingerprint density at radius 3 is 2.08 bits per heavy atom. The van der Waals surface area contributed by atoms with Gasteiger partial charge in [-0.3, -0.25) is 0 Å². The minimum Gasteiger partial charge on any atom is -0.399 e. The van der Waals surface area contributed by atoms with Gasteiger partial charge in [0.2, 0.25) is 0 Å². The number of fused-ring (bicyclic) bond motifs is 1. The number of hydrogen-bond acceptors (Lipinski definition) is 2. The van der Waals surface area contributed by atoms with Gasteiger partial charge in [0, 0.05) is 10.8 Å². The predicted molar refractivity (Wildman–Crippen MR) is 110 cm³/mol. The minimum atomic E-state index is -2.01. The fraction of sp³-hybridized carbons (Fsp3) is 0.600. The van der Waals surface area contributed by atoms with Gasteiger partial charge in [0.15, 0.2) is 8.24 Å². The Kier molecular flexibility index (Phi) is 4.30. The molecule has 0 aliphatic carbocycles. The molecule has 0 amide bonds. The normalized spacial score (nSPS) is 20.2. The molecule has 0 saturated carbocycles. The molecule has 1 aromatic heterocycles. The van der Waals surface area contributed by atoms with E-state index in [0.29, 0.717) is 5.52 Å². The standard InChI is InChI=1S/C20H31BFNO2Si/c1-18(2,3)26(8,9)23-13-15(14-11-10-12-16(22)17(14)23)21-24-19(4,5)20(6,7)25-21/h10-13H,1-9H3. The average molecular weight is 375 g/mol. The highest BCUT2D eigenvalue weighted by molar-refractivity contribution is 6.80. The van der Waals surface area contributed by atoms with Crippen LogP contribution in [0.1, 0.15) is 48.5 Å². The van der Waals surface area contributed by atoms with Crippen molar-refractivity contribution in [2.45, 2.75) is 77.8 Å². The highest BCUT2D eigenvalue weighted by Gasteiger charge is 2.53. The molecule has 0 unspecified atom stereocenters. The highest BCUT2D eigenvalue weighted by Crippen LogP contribution is 2.41. The summed E-state index contributed by atoms with van der Waals surface area (Å²) in [5, 5.41) is 0.961. The molecule has 6 heteroatoms. The van der Waals surface area contributed by atoms with Gasteiger partial charge in [-0.2, -0.15) is 0 Å². The van der Waals surface area contributed by atoms with Gasteiger partial charge in [0.25, 0.3) is 0 Å². The van der Waals surface area contributed by atoms with E-state index in [1.54, 1.807) is 12.1 Å². The van der Waals surface area contributed by atoms with Crippen LogP contribution in [0.4, 0.5) is 4.39 Å². The summed E-state index contributed by atoms with van der Waals surface area (Å²) in [5.74, 6) is -0.185. The van der Waals surface area contributed by atoms with Crippen LogP contribution >= 0.6 is 0 Å². The van der Waals surface area contributed by atoms with Crippen molar-refractivity contribution in [1.82, 2.24) is 4.23 Å². The van der Waals surface area contributed by atoms with Crippen LogP contribution in [0.15, 0.2) is 24.4 Å². The van der Waals surface area contributed by atoms with Crippen LogP contribution in [0.25, 0.3) is 10.9 Å². The Labute approximate surface area is 158 Å². The second-order valence-electron chi connectivity index (χ2n) is 9.99. The van der Waals surface area contributed by atoms with Crippen LogP contribution in [-0.4, -0.2) is 30.8 Å². The fourth-order valence-corrected chi connectivity index (χ4v) is 5.20. The van der Waals surface area contributed by atoms with Crippen molar-refractivity contribution in [3.63, 3.8) is 0 Å². The molecule has 1 aliphatic heterocycles. The smallest absolute Gasteiger partial charge is 0.399 e. The summed E-state index contributed by atoms with van der Waals surface area (Å²) in [7, 11) is -2.50. The van der Waals surface area contributed by atoms with E-state index >= 15 is 0 Å². The summed E-state index contributed by atoms with van der Waals surface area (Å²) in [4.78, 5) is 0. The van der Waals surface area contributed by atoms with Gasteiger partial charge in [-0.15, -0.1) is 0 Å². The zero-order valence-corrected chi connectivity index (χ0v) is 18.5. The molecule has 3 nitrogen and oxygen atoms in total. The first-order valence-corrected chi connectivity index (χ1v) is 12.3. The van der Waals surface area contributed by atoms with E-state index in [0.717, 1.165) is 10.8 Å². The Morgan fingerprint density at radius 1 is 1.04 bits per heavy atom. The van der Waals surface area contributed by atoms with Crippen LogP contribution in [0, 0.1) is 5.82 Å². The molecule has 2 aromatic rings. The van der Waals surface area contributed by atoms with E-state index in [1.165, 1.54) is 0 Å². The number of rotatable bonds is 2. The number of halogens is 1. The maximum absolute atomic E-state index is 14.9. The van der Waals surface area contributed by atoms with Gasteiger partial charge < -0.3 is 13.5 Å². The largest absolute Gasteiger partial charge is 0.497 e. The van der Waals surface area contributed by atoms with E-state index in [2.05, 4.69) is 44.3 Å². The maximum Gasteiger partial charge on any atom is 0.497 e. The first-order chi connectivity index (χ1) is 11.7. The molecule has 1 aliphatic rings. The van der Waals surface area contributed by atoms with Crippen molar-refractivity contribution in [2.24, 2.45) is 0 Å². The molecule has 0 spiro atoms. The third-order valence-corrected chi connectivity index (χ3v) is 12.0. The van der Waals surface area contributed by atoms with Gasteiger partial charge in [-0.1, -0.05) is 46.0 Å². The summed E-state index contributed by atoms with van der Waals surface area (Å²) < 4.78 is 29.6. The summed E-state index contributed by atoms with van der Waals surface area (Å²) in [5.41, 5.74) is 0.749. The monoisotopic (exact) mass is 375 g/mol. The van der Waals surface area contributed by atoms with Crippen molar-refractivity contribution in [2.75, 3.05) is 0 Å². The molecule has 0 bridgehead atoms. The molecule has 0 N–H and O–H groups in total. The summed E-state index contributed by atoms with van der Waals surface area (Å²) >= 11 is 0. The Balaban J connectivity index is 2.23. The van der Waals surface area contributed by atoms with Gasteiger partial charge >= 0.3 is 7.12 Å². The second-order valence-corrected chi connectivity index (χ2v) is 15.1. The molecular formula is C20H31BFNO2Si. The Bertz CT molecular complexity index is 835. The lowest BCUT2D eigenvalue weighted by atomic mass is 9.79. The third kappa shape index (κ3) is 2.77. The van der Waals surface area contributed by atoms with Crippen molar-refractivity contribution in [1.29, 1.82) is 0 Å². The predicted octanol–water partition coefficient (Wildman–Crippen LogP) is 4.93. The summed E-state index contributed by atoms with van der Waals surface area (Å²) in [6, 6.07) is 5.28. The molecule has 1 saturated heterocycles. The van der Waals surface area contributed by atoms with E-state index in [4.69, 9.17) is 9.31 Å². The lowest BCUT2D eigenvalue weighted by Crippen LogP contribution is -2.45. The second kappa shape index (κ2) is 5.69. The number of para-hydroxylation sites is 1. The van der Waals surface area contributed by atoms with Crippen LogP contribution in [-0.2, 0) is 9.31 Å². The average Bonchev–Trinajstić information content (AvgIpc) is 2.94. The molecule has 3 rings (SSSR count). The van der Waals surface area contributed by atoms with Gasteiger partial charge in [0.05, 0.1) is 16.7 Å². The maximum atomic E-state index is 14.9. The number of nitrogens with zero attached hydrogens (tertiary/aromatic N) is 1. The molecule has 2 heterocycles. The van der Waals surface area contributed by atoms with Crippen LogP contribution < -0.4 is 5.46 Å². The number of aromatic nitrogens is 1. The molecule has 1 aromatic carbocycles. The van der Waals surface area contributed by atoms with E-state index in [1.807, 2.05) is 33.8 Å². The zero-order chi connectivity index (χ0) is 19.7. The van der Waals surface area contributed by atoms with E-state index in [9.17, 15) is 4.39 Å². The van der Waals surface area contributed by atoms with E-state index < -0.39 is 26.6 Å². The Morgan fingerprint density at radius 2 is 1.58 bits per heavy atom. The zero-order valence-electron chi connectivity index (χ0n) is 17.5. The molecule has 1 fully saturated rings. The van der Waals surface area contributed by atoms with Crippen LogP contribution in [0.5, 0.6) is 0 Å². The highest BCUT2D eigenvalue weighted by atomic mass is 28.3. The summed E-state index contributed by atoms with van der Waals surface area (Å²) in [6.07, 6.45) is 2.08. The van der Waals surface area contributed by atoms with Gasteiger partial charge in [0.1, 0.15) is 5.82 Å². The van der Waals surface area contributed by atoms with Crippen molar-refractivity contribution >= 4 is 31.7 Å². The minimum absolute atomic E-state index is 0.0778. The van der Waals surface area contributed by atoms with Crippen molar-refractivity contribution < 1.29 is 13.7 Å². The van der Waals surface area contributed by atoms with E-state index in [-0.39, 0.29) is 10.9 Å². The van der Waals surface area contributed by atoms with Crippen LogP contribution in [0.3, 0.4) is 0 Å². The van der Waals surface area contributed by atoms with Gasteiger partial charge in [-0.05, 0) is 45.0 Å². The quantitative estimate of drug-likeness (QED) is 0.695. The first-order valence-electron chi connectivity index (χ1n) is 9.35. The fourth-order valence-electron chi connectivity index (χ4n) is 3.23. The number of hydrogen-bond donors (Lipinski definition) is 0. The SMILES string of the molecule is CC1(C)OB(c2cn([Si](C)(C)C(C)(C)C)c3c(F)cccc23)OC1(C)C. The van der Waals surface area contributed by atoms with Crippen molar-refractivity contribution in [3.8, 4) is 0 Å². The topological polar surface area (TPSA) is 23.4 Å². The summed E-state index contributed by atoms with van der Waals surface area (Å²) in [6.45, 7) is 19.4.